The molecular formula is C20H29N5O4. The largest absolute Gasteiger partial charge is 0.450 e. The fourth-order valence-corrected chi connectivity index (χ4v) is 3.34. The number of benzene rings is 1. The monoisotopic (exact) mass is 403 g/mol. The lowest BCUT2D eigenvalue weighted by Gasteiger charge is -2.34. The Morgan fingerprint density at radius 3 is 2.62 bits per heavy atom. The first-order chi connectivity index (χ1) is 13.9. The zero-order valence-corrected chi connectivity index (χ0v) is 17.4. The molecule has 1 amide bonds. The van der Waals surface area contributed by atoms with Crippen LogP contribution in [0.4, 0.5) is 16.5 Å². The van der Waals surface area contributed by atoms with Gasteiger partial charge in [-0.05, 0) is 50.5 Å². The summed E-state index contributed by atoms with van der Waals surface area (Å²) in [6.07, 6.45) is -1.04. The number of amides is 1. The molecule has 2 N–H and O–H groups in total. The number of anilines is 2. The van der Waals surface area contributed by atoms with Gasteiger partial charge in [-0.25, -0.2) is 4.79 Å². The molecule has 29 heavy (non-hydrogen) atoms. The molecule has 1 saturated heterocycles. The number of hydrogen-bond acceptors (Lipinski definition) is 8. The smallest absolute Gasteiger partial charge is 0.409 e. The lowest BCUT2D eigenvalue weighted by molar-refractivity contribution is 0.0778. The van der Waals surface area contributed by atoms with Gasteiger partial charge >= 0.3 is 12.1 Å². The van der Waals surface area contributed by atoms with E-state index in [1.54, 1.807) is 11.8 Å². The summed E-state index contributed by atoms with van der Waals surface area (Å²) in [6, 6.07) is 4.46. The molecule has 1 aromatic carbocycles. The highest BCUT2D eigenvalue weighted by molar-refractivity contribution is 5.67. The molecule has 0 bridgehead atoms. The Morgan fingerprint density at radius 2 is 2.00 bits per heavy atom. The molecule has 0 spiro atoms. The summed E-state index contributed by atoms with van der Waals surface area (Å²) in [7, 11) is 0. The van der Waals surface area contributed by atoms with E-state index in [1.165, 1.54) is 5.56 Å². The van der Waals surface area contributed by atoms with E-state index in [1.807, 2.05) is 19.9 Å². The molecule has 1 aliphatic heterocycles. The topological polar surface area (TPSA) is 104 Å². The average Bonchev–Trinajstić information content (AvgIpc) is 3.15. The predicted octanol–water partition coefficient (Wildman–Crippen LogP) is 2.76. The van der Waals surface area contributed by atoms with Crippen molar-refractivity contribution in [2.75, 3.05) is 38.1 Å². The van der Waals surface area contributed by atoms with E-state index in [4.69, 9.17) is 9.15 Å². The summed E-state index contributed by atoms with van der Waals surface area (Å²) in [6.45, 7) is 11.6. The standard InChI is InChI=1S/C20H29N5O4/c1-5-28-20(27)25-8-6-24(7-9-25)12-16-10-13(2)11-17(14(16)3)21-19-23-22-18(29-19)15(4)26/h10-11,15,26H,5-9,12H2,1-4H3,(H,21,23). The van der Waals surface area contributed by atoms with Crippen molar-refractivity contribution < 1.29 is 19.1 Å². The molecule has 1 unspecified atom stereocenters. The number of nitrogens with zero attached hydrogens (tertiary/aromatic N) is 4. The molecule has 9 heteroatoms. The Hall–Kier alpha value is -2.65. The first kappa shape index (κ1) is 21.1. The van der Waals surface area contributed by atoms with Gasteiger partial charge in [0, 0.05) is 38.4 Å². The van der Waals surface area contributed by atoms with Crippen LogP contribution in [0.1, 0.15) is 42.5 Å². The molecule has 0 saturated carbocycles. The molecule has 9 nitrogen and oxygen atoms in total. The van der Waals surface area contributed by atoms with Crippen LogP contribution in [-0.2, 0) is 11.3 Å². The van der Waals surface area contributed by atoms with Crippen molar-refractivity contribution in [2.24, 2.45) is 0 Å². The number of aliphatic hydroxyl groups is 1. The van der Waals surface area contributed by atoms with Crippen LogP contribution in [0, 0.1) is 13.8 Å². The van der Waals surface area contributed by atoms with Crippen molar-refractivity contribution in [3.05, 3.63) is 34.7 Å². The first-order valence-electron chi connectivity index (χ1n) is 9.90. The number of piperazine rings is 1. The highest BCUT2D eigenvalue weighted by Gasteiger charge is 2.22. The normalized spacial score (nSPS) is 16.0. The van der Waals surface area contributed by atoms with Crippen molar-refractivity contribution in [1.29, 1.82) is 0 Å². The second-order valence-corrected chi connectivity index (χ2v) is 7.31. The summed E-state index contributed by atoms with van der Waals surface area (Å²) in [5.41, 5.74) is 4.31. The number of aliphatic hydroxyl groups excluding tert-OH is 1. The van der Waals surface area contributed by atoms with Gasteiger partial charge in [0.2, 0.25) is 5.89 Å². The Labute approximate surface area is 170 Å². The Balaban J connectivity index is 1.67. The van der Waals surface area contributed by atoms with Crippen LogP contribution >= 0.6 is 0 Å². The van der Waals surface area contributed by atoms with Crippen molar-refractivity contribution in [2.45, 2.75) is 40.3 Å². The lowest BCUT2D eigenvalue weighted by Crippen LogP contribution is -2.48. The highest BCUT2D eigenvalue weighted by atomic mass is 16.6. The van der Waals surface area contributed by atoms with Crippen LogP contribution in [0.5, 0.6) is 0 Å². The lowest BCUT2D eigenvalue weighted by atomic mass is 10.0. The zero-order valence-electron chi connectivity index (χ0n) is 17.4. The van der Waals surface area contributed by atoms with Crippen LogP contribution in [0.15, 0.2) is 16.5 Å². The van der Waals surface area contributed by atoms with Gasteiger partial charge < -0.3 is 24.5 Å². The van der Waals surface area contributed by atoms with Crippen LogP contribution in [0.2, 0.25) is 0 Å². The molecule has 3 rings (SSSR count). The number of ether oxygens (including phenoxy) is 1. The summed E-state index contributed by atoms with van der Waals surface area (Å²) >= 11 is 0. The van der Waals surface area contributed by atoms with E-state index < -0.39 is 6.10 Å². The van der Waals surface area contributed by atoms with Gasteiger partial charge in [0.25, 0.3) is 0 Å². The first-order valence-corrected chi connectivity index (χ1v) is 9.90. The zero-order chi connectivity index (χ0) is 21.0. The number of aromatic nitrogens is 2. The van der Waals surface area contributed by atoms with E-state index in [9.17, 15) is 9.90 Å². The number of carbonyl (C=O) groups excluding carboxylic acids is 1. The fourth-order valence-electron chi connectivity index (χ4n) is 3.34. The Kier molecular flexibility index (Phi) is 6.71. The van der Waals surface area contributed by atoms with E-state index >= 15 is 0 Å². The number of nitrogens with one attached hydrogen (secondary N) is 1. The average molecular weight is 403 g/mol. The highest BCUT2D eigenvalue weighted by Crippen LogP contribution is 2.26. The predicted molar refractivity (Wildman–Crippen MR) is 108 cm³/mol. The van der Waals surface area contributed by atoms with Crippen LogP contribution in [0.25, 0.3) is 0 Å². The maximum absolute atomic E-state index is 11.9. The van der Waals surface area contributed by atoms with Gasteiger partial charge in [-0.3, -0.25) is 4.90 Å². The van der Waals surface area contributed by atoms with Gasteiger partial charge in [-0.2, -0.15) is 0 Å². The van der Waals surface area contributed by atoms with Gasteiger partial charge in [0.05, 0.1) is 6.61 Å². The van der Waals surface area contributed by atoms with Crippen molar-refractivity contribution in [3.8, 4) is 0 Å². The minimum atomic E-state index is -0.805. The summed E-state index contributed by atoms with van der Waals surface area (Å²) in [5, 5.41) is 20.5. The summed E-state index contributed by atoms with van der Waals surface area (Å²) in [4.78, 5) is 16.0. The fraction of sp³-hybridized carbons (Fsp3) is 0.550. The third-order valence-corrected chi connectivity index (χ3v) is 4.99. The molecule has 1 fully saturated rings. The van der Waals surface area contributed by atoms with Crippen molar-refractivity contribution in [1.82, 2.24) is 20.0 Å². The quantitative estimate of drug-likeness (QED) is 0.759. The van der Waals surface area contributed by atoms with Crippen molar-refractivity contribution >= 4 is 17.8 Å². The van der Waals surface area contributed by atoms with Crippen molar-refractivity contribution in [3.63, 3.8) is 0 Å². The van der Waals surface area contributed by atoms with Crippen LogP contribution in [0.3, 0.4) is 0 Å². The van der Waals surface area contributed by atoms with E-state index in [0.29, 0.717) is 19.7 Å². The van der Waals surface area contributed by atoms with Gasteiger partial charge in [-0.1, -0.05) is 11.2 Å². The van der Waals surface area contributed by atoms with Crippen LogP contribution in [-0.4, -0.2) is 64.0 Å². The molecule has 158 valence electrons. The van der Waals surface area contributed by atoms with E-state index in [2.05, 4.69) is 33.4 Å². The SMILES string of the molecule is CCOC(=O)N1CCN(Cc2cc(C)cc(Nc3nnc(C(C)O)o3)c2C)CC1. The molecule has 2 aromatic rings. The molecule has 1 aromatic heterocycles. The summed E-state index contributed by atoms with van der Waals surface area (Å²) < 4.78 is 10.5. The molecule has 0 radical (unpaired) electrons. The third kappa shape index (κ3) is 5.24. The molecular weight excluding hydrogens is 374 g/mol. The molecule has 2 heterocycles. The maximum atomic E-state index is 11.9. The van der Waals surface area contributed by atoms with E-state index in [0.717, 1.165) is 36.4 Å². The van der Waals surface area contributed by atoms with Gasteiger partial charge in [0.15, 0.2) is 0 Å². The minimum absolute atomic E-state index is 0.178. The number of hydrogen-bond donors (Lipinski definition) is 2. The summed E-state index contributed by atoms with van der Waals surface area (Å²) in [5.74, 6) is 0.178. The maximum Gasteiger partial charge on any atom is 0.409 e. The Morgan fingerprint density at radius 1 is 1.28 bits per heavy atom. The van der Waals surface area contributed by atoms with E-state index in [-0.39, 0.29) is 18.0 Å². The van der Waals surface area contributed by atoms with Crippen LogP contribution < -0.4 is 5.32 Å². The molecule has 0 aliphatic carbocycles. The van der Waals surface area contributed by atoms with Gasteiger partial charge in [0.1, 0.15) is 6.10 Å². The number of aryl methyl sites for hydroxylation is 1. The second kappa shape index (κ2) is 9.23. The molecule has 1 atom stereocenters. The third-order valence-electron chi connectivity index (χ3n) is 4.99. The van der Waals surface area contributed by atoms with Gasteiger partial charge in [-0.15, -0.1) is 5.10 Å². The second-order valence-electron chi connectivity index (χ2n) is 7.31. The number of rotatable bonds is 6. The minimum Gasteiger partial charge on any atom is -0.450 e. The number of carbonyl (C=O) groups is 1. The Bertz CT molecular complexity index is 843. The molecule has 1 aliphatic rings.